The Bertz CT molecular complexity index is 1010. The van der Waals surface area contributed by atoms with Crippen LogP contribution < -0.4 is 5.32 Å². The molecule has 1 fully saturated rings. The van der Waals surface area contributed by atoms with Gasteiger partial charge in [0.1, 0.15) is 11.3 Å². The van der Waals surface area contributed by atoms with Gasteiger partial charge in [0.2, 0.25) is 5.91 Å². The van der Waals surface area contributed by atoms with Gasteiger partial charge >= 0.3 is 0 Å². The molecule has 0 saturated carbocycles. The Morgan fingerprint density at radius 2 is 1.86 bits per heavy atom. The lowest BCUT2D eigenvalue weighted by Gasteiger charge is -2.26. The number of hydrogen-bond donors (Lipinski definition) is 1. The molecule has 0 radical (unpaired) electrons. The van der Waals surface area contributed by atoms with Crippen LogP contribution in [0, 0.1) is 6.92 Å². The lowest BCUT2D eigenvalue weighted by atomic mass is 10.1. The zero-order chi connectivity index (χ0) is 19.5. The molecular formula is C21H22N4O2S. The third kappa shape index (κ3) is 4.04. The van der Waals surface area contributed by atoms with Crippen LogP contribution in [0.1, 0.15) is 21.7 Å². The summed E-state index contributed by atoms with van der Waals surface area (Å²) in [4.78, 5) is 31.2. The summed E-state index contributed by atoms with van der Waals surface area (Å²) in [6.07, 6.45) is 2.13. The zero-order valence-electron chi connectivity index (χ0n) is 15.7. The number of nitrogens with one attached hydrogen (secondary N) is 1. The van der Waals surface area contributed by atoms with Gasteiger partial charge in [-0.25, -0.2) is 4.98 Å². The SMILES string of the molecule is Cc1cccc2nc(C(=O)Nc3ccc(CC(=O)N4CCSCC4)cc3)cn12. The molecule has 0 bridgehead atoms. The van der Waals surface area contributed by atoms with E-state index in [1.54, 1.807) is 6.20 Å². The van der Waals surface area contributed by atoms with E-state index in [1.807, 2.05) is 70.5 Å². The zero-order valence-corrected chi connectivity index (χ0v) is 16.5. The van der Waals surface area contributed by atoms with Gasteiger partial charge in [0, 0.05) is 42.2 Å². The number of imidazole rings is 1. The van der Waals surface area contributed by atoms with Crippen molar-refractivity contribution in [3.05, 3.63) is 65.6 Å². The number of rotatable bonds is 4. The standard InChI is InChI=1S/C21H22N4O2S/c1-15-3-2-4-19-23-18(14-25(15)19)21(27)22-17-7-5-16(6-8-17)13-20(26)24-9-11-28-12-10-24/h2-8,14H,9-13H2,1H3,(H,22,27). The molecule has 1 aromatic carbocycles. The first-order chi connectivity index (χ1) is 13.6. The van der Waals surface area contributed by atoms with Crippen LogP contribution in [0.15, 0.2) is 48.7 Å². The molecule has 2 amide bonds. The first-order valence-electron chi connectivity index (χ1n) is 9.31. The van der Waals surface area contributed by atoms with Gasteiger partial charge in [-0.15, -0.1) is 0 Å². The van der Waals surface area contributed by atoms with Crippen LogP contribution in [0.4, 0.5) is 5.69 Å². The van der Waals surface area contributed by atoms with E-state index in [-0.39, 0.29) is 11.8 Å². The second kappa shape index (κ2) is 8.06. The molecule has 28 heavy (non-hydrogen) atoms. The maximum absolute atomic E-state index is 12.5. The van der Waals surface area contributed by atoms with Crippen molar-refractivity contribution >= 4 is 34.9 Å². The number of thioether (sulfide) groups is 1. The molecule has 1 saturated heterocycles. The first-order valence-corrected chi connectivity index (χ1v) is 10.5. The van der Waals surface area contributed by atoms with Crippen LogP contribution in [-0.2, 0) is 11.2 Å². The monoisotopic (exact) mass is 394 g/mol. The van der Waals surface area contributed by atoms with Gasteiger partial charge in [-0.05, 0) is 36.8 Å². The van der Waals surface area contributed by atoms with Crippen LogP contribution in [0.3, 0.4) is 0 Å². The van der Waals surface area contributed by atoms with Crippen molar-refractivity contribution in [2.24, 2.45) is 0 Å². The second-order valence-electron chi connectivity index (χ2n) is 6.84. The predicted octanol–water partition coefficient (Wildman–Crippen LogP) is 3.01. The van der Waals surface area contributed by atoms with E-state index in [2.05, 4.69) is 10.3 Å². The average Bonchev–Trinajstić information content (AvgIpc) is 3.16. The van der Waals surface area contributed by atoms with Gasteiger partial charge < -0.3 is 14.6 Å². The van der Waals surface area contributed by atoms with Crippen molar-refractivity contribution in [1.82, 2.24) is 14.3 Å². The number of carbonyl (C=O) groups is 2. The topological polar surface area (TPSA) is 66.7 Å². The minimum absolute atomic E-state index is 0.164. The van der Waals surface area contributed by atoms with Crippen molar-refractivity contribution in [2.75, 3.05) is 29.9 Å². The summed E-state index contributed by atoms with van der Waals surface area (Å²) in [5.41, 5.74) is 3.77. The number of fused-ring (bicyclic) bond motifs is 1. The quantitative estimate of drug-likeness (QED) is 0.739. The maximum Gasteiger partial charge on any atom is 0.275 e. The fraction of sp³-hybridized carbons (Fsp3) is 0.286. The first kappa shape index (κ1) is 18.6. The molecule has 1 aliphatic heterocycles. The highest BCUT2D eigenvalue weighted by molar-refractivity contribution is 7.99. The normalized spacial score (nSPS) is 14.2. The minimum Gasteiger partial charge on any atom is -0.341 e. The number of amides is 2. The highest BCUT2D eigenvalue weighted by Gasteiger charge is 2.17. The Labute approximate surface area is 167 Å². The Morgan fingerprint density at radius 1 is 1.11 bits per heavy atom. The fourth-order valence-corrected chi connectivity index (χ4v) is 4.16. The van der Waals surface area contributed by atoms with Crippen LogP contribution in [0.2, 0.25) is 0 Å². The van der Waals surface area contributed by atoms with Crippen LogP contribution in [0.5, 0.6) is 0 Å². The molecule has 0 atom stereocenters. The number of hydrogen-bond acceptors (Lipinski definition) is 4. The van der Waals surface area contributed by atoms with Crippen LogP contribution in [0.25, 0.3) is 5.65 Å². The summed E-state index contributed by atoms with van der Waals surface area (Å²) in [6.45, 7) is 3.63. The van der Waals surface area contributed by atoms with Gasteiger partial charge in [0.05, 0.1) is 6.42 Å². The maximum atomic E-state index is 12.5. The van der Waals surface area contributed by atoms with Crippen molar-refractivity contribution < 1.29 is 9.59 Å². The van der Waals surface area contributed by atoms with Crippen molar-refractivity contribution in [2.45, 2.75) is 13.3 Å². The molecule has 0 spiro atoms. The van der Waals surface area contributed by atoms with E-state index in [0.717, 1.165) is 41.5 Å². The molecule has 144 valence electrons. The number of nitrogens with zero attached hydrogens (tertiary/aromatic N) is 3. The molecule has 1 N–H and O–H groups in total. The van der Waals surface area contributed by atoms with E-state index in [4.69, 9.17) is 0 Å². The van der Waals surface area contributed by atoms with Crippen LogP contribution >= 0.6 is 11.8 Å². The summed E-state index contributed by atoms with van der Waals surface area (Å²) in [6, 6.07) is 13.2. The Balaban J connectivity index is 1.40. The number of anilines is 1. The lowest BCUT2D eigenvalue weighted by molar-refractivity contribution is -0.130. The Kier molecular flexibility index (Phi) is 5.34. The van der Waals surface area contributed by atoms with Crippen molar-refractivity contribution in [3.63, 3.8) is 0 Å². The van der Waals surface area contributed by atoms with Crippen molar-refractivity contribution in [1.29, 1.82) is 0 Å². The van der Waals surface area contributed by atoms with E-state index in [1.165, 1.54) is 0 Å². The fourth-order valence-electron chi connectivity index (χ4n) is 3.26. The largest absolute Gasteiger partial charge is 0.341 e. The Morgan fingerprint density at radius 3 is 2.57 bits per heavy atom. The smallest absolute Gasteiger partial charge is 0.275 e. The highest BCUT2D eigenvalue weighted by atomic mass is 32.2. The summed E-state index contributed by atoms with van der Waals surface area (Å²) >= 11 is 1.89. The molecule has 2 aromatic heterocycles. The summed E-state index contributed by atoms with van der Waals surface area (Å²) in [7, 11) is 0. The minimum atomic E-state index is -0.252. The Hall–Kier alpha value is -2.80. The predicted molar refractivity (Wildman–Crippen MR) is 112 cm³/mol. The third-order valence-electron chi connectivity index (χ3n) is 4.86. The molecule has 1 aliphatic rings. The molecule has 6 nitrogen and oxygen atoms in total. The lowest BCUT2D eigenvalue weighted by Crippen LogP contribution is -2.38. The molecule has 4 rings (SSSR count). The summed E-state index contributed by atoms with van der Waals surface area (Å²) < 4.78 is 1.89. The molecule has 0 aliphatic carbocycles. The van der Waals surface area contributed by atoms with Gasteiger partial charge in [-0.2, -0.15) is 11.8 Å². The number of pyridine rings is 1. The molecule has 7 heteroatoms. The van der Waals surface area contributed by atoms with E-state index >= 15 is 0 Å². The number of aromatic nitrogens is 2. The second-order valence-corrected chi connectivity index (χ2v) is 8.07. The van der Waals surface area contributed by atoms with Gasteiger partial charge in [0.25, 0.3) is 5.91 Å². The van der Waals surface area contributed by atoms with Gasteiger partial charge in [-0.1, -0.05) is 18.2 Å². The van der Waals surface area contributed by atoms with E-state index in [0.29, 0.717) is 17.8 Å². The average molecular weight is 395 g/mol. The number of benzene rings is 1. The van der Waals surface area contributed by atoms with Gasteiger partial charge in [0.15, 0.2) is 0 Å². The molecule has 3 heterocycles. The summed E-state index contributed by atoms with van der Waals surface area (Å²) in [5.74, 6) is 1.94. The molecule has 0 unspecified atom stereocenters. The van der Waals surface area contributed by atoms with E-state index in [9.17, 15) is 9.59 Å². The van der Waals surface area contributed by atoms with Crippen molar-refractivity contribution in [3.8, 4) is 0 Å². The highest BCUT2D eigenvalue weighted by Crippen LogP contribution is 2.15. The summed E-state index contributed by atoms with van der Waals surface area (Å²) in [5, 5.41) is 2.87. The van der Waals surface area contributed by atoms with Gasteiger partial charge in [-0.3, -0.25) is 9.59 Å². The molecular weight excluding hydrogens is 372 g/mol. The molecule has 3 aromatic rings. The third-order valence-corrected chi connectivity index (χ3v) is 5.80. The van der Waals surface area contributed by atoms with E-state index < -0.39 is 0 Å². The number of aryl methyl sites for hydroxylation is 1. The van der Waals surface area contributed by atoms with Crippen LogP contribution in [-0.4, -0.2) is 50.7 Å². The number of carbonyl (C=O) groups excluding carboxylic acids is 2.